The summed E-state index contributed by atoms with van der Waals surface area (Å²) in [5.41, 5.74) is 0. The lowest BCUT2D eigenvalue weighted by molar-refractivity contribution is 0.392. The van der Waals surface area contributed by atoms with Crippen molar-refractivity contribution in [2.45, 2.75) is 33.6 Å². The normalized spacial score (nSPS) is 13.6. The summed E-state index contributed by atoms with van der Waals surface area (Å²) in [7, 11) is 0. The van der Waals surface area contributed by atoms with E-state index in [1.165, 1.54) is 31.7 Å². The van der Waals surface area contributed by atoms with E-state index in [1.807, 2.05) is 11.8 Å². The van der Waals surface area contributed by atoms with Crippen LogP contribution in [0.2, 0.25) is 0 Å². The largest absolute Gasteiger partial charge is 0.316 e. The summed E-state index contributed by atoms with van der Waals surface area (Å²) in [6.45, 7) is 9.27. The van der Waals surface area contributed by atoms with E-state index in [9.17, 15) is 0 Å². The summed E-state index contributed by atoms with van der Waals surface area (Å²) in [4.78, 5) is 0. The fourth-order valence-corrected chi connectivity index (χ4v) is 1.55. The molecule has 0 aromatic rings. The summed E-state index contributed by atoms with van der Waals surface area (Å²) >= 11 is 1.94. The van der Waals surface area contributed by atoms with Crippen molar-refractivity contribution in [3.8, 4) is 0 Å². The summed E-state index contributed by atoms with van der Waals surface area (Å²) in [6, 6.07) is 0. The Bertz CT molecular complexity index is 104. The molecule has 0 aliphatic carbocycles. The van der Waals surface area contributed by atoms with E-state index in [1.54, 1.807) is 0 Å². The fourth-order valence-electron chi connectivity index (χ4n) is 1.06. The van der Waals surface area contributed by atoms with Gasteiger partial charge in [0.1, 0.15) is 0 Å². The van der Waals surface area contributed by atoms with Crippen LogP contribution in [0.1, 0.15) is 33.6 Å². The lowest BCUT2D eigenvalue weighted by Gasteiger charge is -2.15. The molecule has 0 aromatic carbocycles. The van der Waals surface area contributed by atoms with Gasteiger partial charge in [0.2, 0.25) is 0 Å². The predicted molar refractivity (Wildman–Crippen MR) is 64.5 cm³/mol. The number of hydrogen-bond donors (Lipinski definition) is 1. The summed E-state index contributed by atoms with van der Waals surface area (Å²) < 4.78 is 0. The summed E-state index contributed by atoms with van der Waals surface area (Å²) in [5.74, 6) is 2.92. The van der Waals surface area contributed by atoms with Gasteiger partial charge in [-0.25, -0.2) is 0 Å². The van der Waals surface area contributed by atoms with Gasteiger partial charge in [-0.3, -0.25) is 0 Å². The van der Waals surface area contributed by atoms with Crippen molar-refractivity contribution < 1.29 is 0 Å². The lowest BCUT2D eigenvalue weighted by atomic mass is 9.98. The molecule has 1 N–H and O–H groups in total. The van der Waals surface area contributed by atoms with E-state index in [0.29, 0.717) is 0 Å². The SMILES string of the molecule is CSCCCCNCC(C)C(C)C. The van der Waals surface area contributed by atoms with E-state index >= 15 is 0 Å². The summed E-state index contributed by atoms with van der Waals surface area (Å²) in [5, 5.41) is 3.52. The third-order valence-corrected chi connectivity index (χ3v) is 3.25. The zero-order valence-electron chi connectivity index (χ0n) is 9.60. The molecular weight excluding hydrogens is 178 g/mol. The molecule has 0 spiro atoms. The molecular formula is C11H25NS. The second-order valence-corrected chi connectivity index (χ2v) is 5.11. The molecule has 0 bridgehead atoms. The first kappa shape index (κ1) is 13.3. The van der Waals surface area contributed by atoms with E-state index in [2.05, 4.69) is 32.3 Å². The zero-order valence-corrected chi connectivity index (χ0v) is 10.4. The first-order valence-corrected chi connectivity index (χ1v) is 6.77. The molecule has 0 radical (unpaired) electrons. The van der Waals surface area contributed by atoms with Crippen LogP contribution >= 0.6 is 11.8 Å². The van der Waals surface area contributed by atoms with Gasteiger partial charge >= 0.3 is 0 Å². The van der Waals surface area contributed by atoms with Crippen molar-refractivity contribution in [2.75, 3.05) is 25.1 Å². The van der Waals surface area contributed by atoms with Crippen LogP contribution in [0.5, 0.6) is 0 Å². The van der Waals surface area contributed by atoms with E-state index in [4.69, 9.17) is 0 Å². The molecule has 1 unspecified atom stereocenters. The van der Waals surface area contributed by atoms with Crippen molar-refractivity contribution in [3.63, 3.8) is 0 Å². The molecule has 0 heterocycles. The van der Waals surface area contributed by atoms with Crippen molar-refractivity contribution in [1.82, 2.24) is 5.32 Å². The van der Waals surface area contributed by atoms with Gasteiger partial charge in [0.25, 0.3) is 0 Å². The van der Waals surface area contributed by atoms with Gasteiger partial charge in [-0.05, 0) is 49.8 Å². The topological polar surface area (TPSA) is 12.0 Å². The third kappa shape index (κ3) is 8.63. The van der Waals surface area contributed by atoms with Crippen LogP contribution in [-0.4, -0.2) is 25.1 Å². The quantitative estimate of drug-likeness (QED) is 0.609. The van der Waals surface area contributed by atoms with Gasteiger partial charge in [-0.15, -0.1) is 0 Å². The Labute approximate surface area is 88.1 Å². The maximum absolute atomic E-state index is 3.52. The maximum Gasteiger partial charge on any atom is -0.00207 e. The monoisotopic (exact) mass is 203 g/mol. The average Bonchev–Trinajstić information content (AvgIpc) is 2.10. The van der Waals surface area contributed by atoms with E-state index < -0.39 is 0 Å². The van der Waals surface area contributed by atoms with Gasteiger partial charge in [0.15, 0.2) is 0 Å². The highest BCUT2D eigenvalue weighted by molar-refractivity contribution is 7.98. The molecule has 80 valence electrons. The van der Waals surface area contributed by atoms with Crippen molar-refractivity contribution >= 4 is 11.8 Å². The molecule has 0 saturated heterocycles. The van der Waals surface area contributed by atoms with Crippen LogP contribution in [0.15, 0.2) is 0 Å². The van der Waals surface area contributed by atoms with Crippen LogP contribution in [0.3, 0.4) is 0 Å². The van der Waals surface area contributed by atoms with E-state index in [0.717, 1.165) is 11.8 Å². The van der Waals surface area contributed by atoms with Crippen LogP contribution in [0.4, 0.5) is 0 Å². The molecule has 1 atom stereocenters. The van der Waals surface area contributed by atoms with Gasteiger partial charge in [-0.2, -0.15) is 11.8 Å². The number of hydrogen-bond acceptors (Lipinski definition) is 2. The Hall–Kier alpha value is 0.310. The third-order valence-electron chi connectivity index (χ3n) is 2.56. The van der Waals surface area contributed by atoms with Gasteiger partial charge in [0.05, 0.1) is 0 Å². The zero-order chi connectivity index (χ0) is 10.1. The molecule has 13 heavy (non-hydrogen) atoms. The molecule has 2 heteroatoms. The van der Waals surface area contributed by atoms with Gasteiger partial charge in [0, 0.05) is 0 Å². The maximum atomic E-state index is 3.52. The number of rotatable bonds is 8. The standard InChI is InChI=1S/C11H25NS/c1-10(2)11(3)9-12-7-5-6-8-13-4/h10-12H,5-9H2,1-4H3. The minimum absolute atomic E-state index is 0.804. The van der Waals surface area contributed by atoms with Crippen LogP contribution in [0.25, 0.3) is 0 Å². The van der Waals surface area contributed by atoms with Crippen LogP contribution in [-0.2, 0) is 0 Å². The number of nitrogens with one attached hydrogen (secondary N) is 1. The average molecular weight is 203 g/mol. The smallest absolute Gasteiger partial charge is 0.00207 e. The van der Waals surface area contributed by atoms with Crippen LogP contribution in [0, 0.1) is 11.8 Å². The lowest BCUT2D eigenvalue weighted by Crippen LogP contribution is -2.25. The molecule has 0 rings (SSSR count). The Kier molecular flexibility index (Phi) is 9.10. The van der Waals surface area contributed by atoms with Crippen LogP contribution < -0.4 is 5.32 Å². The highest BCUT2D eigenvalue weighted by Crippen LogP contribution is 2.07. The Balaban J connectivity index is 3.07. The highest BCUT2D eigenvalue weighted by Gasteiger charge is 2.04. The Morgan fingerprint density at radius 3 is 2.38 bits per heavy atom. The first-order chi connectivity index (χ1) is 6.18. The molecule has 1 nitrogen and oxygen atoms in total. The first-order valence-electron chi connectivity index (χ1n) is 5.38. The number of unbranched alkanes of at least 4 members (excludes halogenated alkanes) is 1. The van der Waals surface area contributed by atoms with Gasteiger partial charge in [-0.1, -0.05) is 20.8 Å². The molecule has 0 saturated carbocycles. The highest BCUT2D eigenvalue weighted by atomic mass is 32.2. The molecule has 0 aliphatic rings. The van der Waals surface area contributed by atoms with E-state index in [-0.39, 0.29) is 0 Å². The van der Waals surface area contributed by atoms with Crippen molar-refractivity contribution in [3.05, 3.63) is 0 Å². The number of thioether (sulfide) groups is 1. The minimum Gasteiger partial charge on any atom is -0.316 e. The Morgan fingerprint density at radius 2 is 1.85 bits per heavy atom. The fraction of sp³-hybridized carbons (Fsp3) is 1.00. The molecule has 0 fully saturated rings. The van der Waals surface area contributed by atoms with Crippen molar-refractivity contribution in [2.24, 2.45) is 11.8 Å². The summed E-state index contributed by atoms with van der Waals surface area (Å²) in [6.07, 6.45) is 4.85. The van der Waals surface area contributed by atoms with Gasteiger partial charge < -0.3 is 5.32 Å². The second-order valence-electron chi connectivity index (χ2n) is 4.13. The minimum atomic E-state index is 0.804. The molecule has 0 aliphatic heterocycles. The Morgan fingerprint density at radius 1 is 1.15 bits per heavy atom. The molecule has 0 aromatic heterocycles. The molecule has 0 amide bonds. The van der Waals surface area contributed by atoms with Crippen molar-refractivity contribution in [1.29, 1.82) is 0 Å². The predicted octanol–water partition coefficient (Wildman–Crippen LogP) is 3.01. The second kappa shape index (κ2) is 8.89.